The molecular formula is C22H24N6O. The molecule has 4 aromatic rings. The first-order valence-corrected chi connectivity index (χ1v) is 10.3. The fourth-order valence-electron chi connectivity index (χ4n) is 5.10. The van der Waals surface area contributed by atoms with Crippen molar-refractivity contribution in [1.82, 2.24) is 24.3 Å². The third-order valence-corrected chi connectivity index (χ3v) is 6.66. The number of piperidine rings is 1. The maximum atomic E-state index is 5.88. The minimum Gasteiger partial charge on any atom is -0.378 e. The zero-order valence-electron chi connectivity index (χ0n) is 16.5. The highest BCUT2D eigenvalue weighted by molar-refractivity contribution is 5.96. The van der Waals surface area contributed by atoms with Gasteiger partial charge in [-0.05, 0) is 49.3 Å². The van der Waals surface area contributed by atoms with Crippen LogP contribution < -0.4 is 4.90 Å². The van der Waals surface area contributed by atoms with Crippen molar-refractivity contribution in [2.75, 3.05) is 24.6 Å². The second-order valence-corrected chi connectivity index (χ2v) is 8.50. The minimum atomic E-state index is 0.362. The minimum absolute atomic E-state index is 0.362. The molecule has 6 heterocycles. The molecule has 1 spiro atoms. The number of hydrogen-bond donors (Lipinski definition) is 1. The van der Waals surface area contributed by atoms with Crippen LogP contribution in [0.1, 0.15) is 26.2 Å². The van der Waals surface area contributed by atoms with Crippen LogP contribution in [-0.4, -0.2) is 50.1 Å². The van der Waals surface area contributed by atoms with Crippen LogP contribution in [0.5, 0.6) is 0 Å². The fraction of sp³-hybridized carbons (Fsp3) is 0.409. The second kappa shape index (κ2) is 6.29. The third kappa shape index (κ3) is 2.64. The summed E-state index contributed by atoms with van der Waals surface area (Å²) >= 11 is 0. The van der Waals surface area contributed by atoms with Crippen molar-refractivity contribution in [1.29, 1.82) is 0 Å². The number of rotatable bonds is 2. The van der Waals surface area contributed by atoms with Crippen LogP contribution in [0.25, 0.3) is 27.8 Å². The van der Waals surface area contributed by atoms with E-state index in [0.717, 1.165) is 66.3 Å². The van der Waals surface area contributed by atoms with Crippen molar-refractivity contribution in [3.63, 3.8) is 0 Å². The molecule has 0 aliphatic carbocycles. The molecule has 7 heteroatoms. The van der Waals surface area contributed by atoms with Gasteiger partial charge in [0.05, 0.1) is 12.7 Å². The van der Waals surface area contributed by atoms with E-state index < -0.39 is 0 Å². The third-order valence-electron chi connectivity index (χ3n) is 6.66. The Kier molecular flexibility index (Phi) is 3.68. The smallest absolute Gasteiger partial charge is 0.211 e. The molecule has 148 valence electrons. The summed E-state index contributed by atoms with van der Waals surface area (Å²) in [7, 11) is 0. The Morgan fingerprint density at radius 2 is 2.00 bits per heavy atom. The lowest BCUT2D eigenvalue weighted by atomic mass is 9.77. The maximum absolute atomic E-state index is 5.88. The monoisotopic (exact) mass is 388 g/mol. The van der Waals surface area contributed by atoms with Crippen LogP contribution in [0, 0.1) is 5.41 Å². The van der Waals surface area contributed by atoms with E-state index in [1.807, 2.05) is 37.1 Å². The summed E-state index contributed by atoms with van der Waals surface area (Å²) < 4.78 is 8.01. The Bertz CT molecular complexity index is 1190. The molecule has 7 nitrogen and oxygen atoms in total. The van der Waals surface area contributed by atoms with Crippen molar-refractivity contribution >= 4 is 22.6 Å². The number of nitrogens with zero attached hydrogens (tertiary/aromatic N) is 5. The number of pyridine rings is 1. The predicted octanol–water partition coefficient (Wildman–Crippen LogP) is 3.67. The summed E-state index contributed by atoms with van der Waals surface area (Å²) in [5, 5.41) is 1.09. The van der Waals surface area contributed by atoms with Crippen LogP contribution in [0.15, 0.2) is 43.1 Å². The van der Waals surface area contributed by atoms with Crippen molar-refractivity contribution < 1.29 is 4.74 Å². The van der Waals surface area contributed by atoms with E-state index in [-0.39, 0.29) is 0 Å². The van der Waals surface area contributed by atoms with E-state index >= 15 is 0 Å². The number of hydrogen-bond acceptors (Lipinski definition) is 5. The van der Waals surface area contributed by atoms with Gasteiger partial charge in [-0.25, -0.2) is 15.0 Å². The van der Waals surface area contributed by atoms with E-state index in [9.17, 15) is 0 Å². The standard InChI is InChI=1S/C22H24N6O/c1-15-12-22(14-29-15)4-9-27(10-5-22)21-26-13-18(20-25-8-11-28(20)21)16-2-6-23-19-17(16)3-7-24-19/h2-3,6-8,11,13,15H,4-5,9-10,12,14H2,1H3,(H,23,24)/t15-/m0/s1. The Morgan fingerprint density at radius 3 is 2.83 bits per heavy atom. The van der Waals surface area contributed by atoms with Crippen LogP contribution in [0.4, 0.5) is 5.95 Å². The highest BCUT2D eigenvalue weighted by atomic mass is 16.5. The first-order valence-electron chi connectivity index (χ1n) is 10.3. The number of fused-ring (bicyclic) bond motifs is 2. The van der Waals surface area contributed by atoms with Gasteiger partial charge in [0, 0.05) is 55.0 Å². The first-order chi connectivity index (χ1) is 14.2. The van der Waals surface area contributed by atoms with Gasteiger partial charge in [-0.3, -0.25) is 4.40 Å². The van der Waals surface area contributed by atoms with Gasteiger partial charge < -0.3 is 14.6 Å². The molecule has 0 aromatic carbocycles. The Labute approximate surface area is 168 Å². The normalized spacial score (nSPS) is 21.6. The largest absolute Gasteiger partial charge is 0.378 e. The molecule has 29 heavy (non-hydrogen) atoms. The van der Waals surface area contributed by atoms with Crippen molar-refractivity contribution in [3.8, 4) is 11.1 Å². The average molecular weight is 388 g/mol. The van der Waals surface area contributed by atoms with Crippen molar-refractivity contribution in [2.24, 2.45) is 5.41 Å². The molecule has 1 atom stereocenters. The van der Waals surface area contributed by atoms with Gasteiger partial charge in [-0.1, -0.05) is 0 Å². The average Bonchev–Trinajstić information content (AvgIpc) is 3.48. The number of ether oxygens (including phenoxy) is 1. The maximum Gasteiger partial charge on any atom is 0.211 e. The number of H-pyrrole nitrogens is 1. The SMILES string of the molecule is C[C@H]1CC2(CCN(c3ncc(-c4ccnc5[nH]ccc45)c4nccn34)CC2)CO1. The predicted molar refractivity (Wildman–Crippen MR) is 112 cm³/mol. The lowest BCUT2D eigenvalue weighted by molar-refractivity contribution is 0.0975. The van der Waals surface area contributed by atoms with Crippen LogP contribution >= 0.6 is 0 Å². The molecule has 0 bridgehead atoms. The van der Waals surface area contributed by atoms with Gasteiger partial charge in [0.15, 0.2) is 0 Å². The molecule has 2 saturated heterocycles. The number of anilines is 1. The van der Waals surface area contributed by atoms with E-state index in [1.54, 1.807) is 0 Å². The van der Waals surface area contributed by atoms with Gasteiger partial charge in [0.1, 0.15) is 11.3 Å². The fourth-order valence-corrected chi connectivity index (χ4v) is 5.10. The molecule has 2 fully saturated rings. The zero-order chi connectivity index (χ0) is 19.4. The molecule has 6 rings (SSSR count). The van der Waals surface area contributed by atoms with Gasteiger partial charge >= 0.3 is 0 Å². The Hall–Kier alpha value is -2.93. The van der Waals surface area contributed by atoms with E-state index in [4.69, 9.17) is 9.72 Å². The van der Waals surface area contributed by atoms with Crippen LogP contribution in [0.2, 0.25) is 0 Å². The lowest BCUT2D eigenvalue weighted by Crippen LogP contribution is -2.41. The topological polar surface area (TPSA) is 71.3 Å². The quantitative estimate of drug-likeness (QED) is 0.567. The van der Waals surface area contributed by atoms with Gasteiger partial charge in [-0.2, -0.15) is 0 Å². The summed E-state index contributed by atoms with van der Waals surface area (Å²) in [5.74, 6) is 0.974. The highest BCUT2D eigenvalue weighted by Crippen LogP contribution is 2.42. The van der Waals surface area contributed by atoms with E-state index in [0.29, 0.717) is 11.5 Å². The first kappa shape index (κ1) is 17.0. The second-order valence-electron chi connectivity index (χ2n) is 8.50. The number of aromatic amines is 1. The van der Waals surface area contributed by atoms with E-state index in [1.165, 1.54) is 6.42 Å². The van der Waals surface area contributed by atoms with Crippen molar-refractivity contribution in [2.45, 2.75) is 32.3 Å². The summed E-state index contributed by atoms with van der Waals surface area (Å²) in [6.45, 7) is 5.11. The van der Waals surface area contributed by atoms with Crippen LogP contribution in [0.3, 0.4) is 0 Å². The molecule has 0 radical (unpaired) electrons. The van der Waals surface area contributed by atoms with Gasteiger partial charge in [0.25, 0.3) is 0 Å². The zero-order valence-corrected chi connectivity index (χ0v) is 16.5. The molecule has 4 aromatic heterocycles. The summed E-state index contributed by atoms with van der Waals surface area (Å²) in [6, 6.07) is 4.09. The van der Waals surface area contributed by atoms with E-state index in [2.05, 4.69) is 37.2 Å². The number of nitrogens with one attached hydrogen (secondary N) is 1. The summed E-state index contributed by atoms with van der Waals surface area (Å²) in [5.41, 5.74) is 4.30. The summed E-state index contributed by atoms with van der Waals surface area (Å²) in [4.78, 5) is 19.5. The number of imidazole rings is 1. The Morgan fingerprint density at radius 1 is 1.10 bits per heavy atom. The molecule has 0 amide bonds. The van der Waals surface area contributed by atoms with Crippen molar-refractivity contribution in [3.05, 3.63) is 43.1 Å². The molecule has 0 unspecified atom stereocenters. The summed E-state index contributed by atoms with van der Waals surface area (Å²) in [6.07, 6.45) is 13.5. The molecule has 0 saturated carbocycles. The van der Waals surface area contributed by atoms with Gasteiger partial charge in [-0.15, -0.1) is 0 Å². The van der Waals surface area contributed by atoms with Crippen LogP contribution in [-0.2, 0) is 4.74 Å². The molecule has 2 aliphatic heterocycles. The number of aromatic nitrogens is 5. The highest BCUT2D eigenvalue weighted by Gasteiger charge is 2.41. The van der Waals surface area contributed by atoms with Gasteiger partial charge in [0.2, 0.25) is 5.95 Å². The molecule has 1 N–H and O–H groups in total. The molecule has 2 aliphatic rings. The lowest BCUT2D eigenvalue weighted by Gasteiger charge is -2.39. The Balaban J connectivity index is 1.37. The molecular weight excluding hydrogens is 364 g/mol.